The van der Waals surface area contributed by atoms with Gasteiger partial charge in [-0.3, -0.25) is 4.79 Å². The number of benzene rings is 2. The number of aromatic nitrogens is 1. The molecule has 0 unspecified atom stereocenters. The molecule has 1 aliphatic rings. The van der Waals surface area contributed by atoms with Crippen molar-refractivity contribution in [2.75, 3.05) is 6.79 Å². The fourth-order valence-electron chi connectivity index (χ4n) is 2.72. The summed E-state index contributed by atoms with van der Waals surface area (Å²) in [5.41, 5.74) is 2.46. The molecular weight excluding hydrogens is 386 g/mol. The van der Waals surface area contributed by atoms with Crippen molar-refractivity contribution >= 4 is 41.1 Å². The Morgan fingerprint density at radius 1 is 1.15 bits per heavy atom. The molecule has 3 aromatic rings. The first-order chi connectivity index (χ1) is 13.1. The number of hydrogen-bond donors (Lipinski definition) is 1. The standard InChI is InChI=1S/C20H14ClNO4S/c21-14-5-3-13(4-6-14)20-17(10-19(23)24)27-18(22-20)8-2-12-1-7-15-16(9-12)26-11-25-15/h1-9H,10-11H2,(H,23,24)/b8-2+. The van der Waals surface area contributed by atoms with Crippen molar-refractivity contribution in [3.8, 4) is 22.8 Å². The van der Waals surface area contributed by atoms with E-state index in [2.05, 4.69) is 4.98 Å². The second kappa shape index (κ2) is 7.42. The molecule has 4 rings (SSSR count). The predicted molar refractivity (Wildman–Crippen MR) is 105 cm³/mol. The van der Waals surface area contributed by atoms with Gasteiger partial charge in [0, 0.05) is 15.5 Å². The van der Waals surface area contributed by atoms with Crippen LogP contribution in [0.4, 0.5) is 0 Å². The van der Waals surface area contributed by atoms with E-state index in [1.165, 1.54) is 11.3 Å². The SMILES string of the molecule is O=C(O)Cc1sc(/C=C/c2ccc3c(c2)OCO3)nc1-c1ccc(Cl)cc1. The lowest BCUT2D eigenvalue weighted by Gasteiger charge is -2.00. The van der Waals surface area contributed by atoms with Crippen molar-refractivity contribution in [1.29, 1.82) is 0 Å². The van der Waals surface area contributed by atoms with Gasteiger partial charge in [-0.2, -0.15) is 0 Å². The van der Waals surface area contributed by atoms with Crippen molar-refractivity contribution in [2.45, 2.75) is 6.42 Å². The molecule has 0 atom stereocenters. The van der Waals surface area contributed by atoms with Gasteiger partial charge in [-0.15, -0.1) is 11.3 Å². The van der Waals surface area contributed by atoms with Gasteiger partial charge in [0.25, 0.3) is 0 Å². The number of aliphatic carboxylic acids is 1. The maximum absolute atomic E-state index is 11.2. The largest absolute Gasteiger partial charge is 0.481 e. The molecule has 0 bridgehead atoms. The molecule has 0 fully saturated rings. The summed E-state index contributed by atoms with van der Waals surface area (Å²) in [6.45, 7) is 0.234. The Kier molecular flexibility index (Phi) is 4.83. The quantitative estimate of drug-likeness (QED) is 0.654. The van der Waals surface area contributed by atoms with Gasteiger partial charge in [0.15, 0.2) is 11.5 Å². The number of rotatable bonds is 5. The van der Waals surface area contributed by atoms with E-state index in [1.54, 1.807) is 12.1 Å². The number of ether oxygens (including phenoxy) is 2. The second-order valence-electron chi connectivity index (χ2n) is 5.85. The van der Waals surface area contributed by atoms with Gasteiger partial charge in [0.1, 0.15) is 5.01 Å². The third-order valence-corrected chi connectivity index (χ3v) is 5.23. The minimum Gasteiger partial charge on any atom is -0.481 e. The van der Waals surface area contributed by atoms with Crippen LogP contribution in [-0.2, 0) is 11.2 Å². The lowest BCUT2D eigenvalue weighted by Crippen LogP contribution is -1.99. The number of carboxylic acids is 1. The molecular formula is C20H14ClNO4S. The van der Waals surface area contributed by atoms with Crippen LogP contribution < -0.4 is 9.47 Å². The van der Waals surface area contributed by atoms with Crippen molar-refractivity contribution in [3.05, 3.63) is 62.9 Å². The Morgan fingerprint density at radius 3 is 2.70 bits per heavy atom. The molecule has 0 amide bonds. The zero-order valence-corrected chi connectivity index (χ0v) is 15.6. The third-order valence-electron chi connectivity index (χ3n) is 3.96. The highest BCUT2D eigenvalue weighted by atomic mass is 35.5. The highest BCUT2D eigenvalue weighted by Crippen LogP contribution is 2.34. The topological polar surface area (TPSA) is 68.7 Å². The van der Waals surface area contributed by atoms with Crippen molar-refractivity contribution in [1.82, 2.24) is 4.98 Å². The van der Waals surface area contributed by atoms with Gasteiger partial charge >= 0.3 is 5.97 Å². The number of thiazole rings is 1. The molecule has 0 saturated heterocycles. The number of nitrogens with zero attached hydrogens (tertiary/aromatic N) is 1. The molecule has 136 valence electrons. The highest BCUT2D eigenvalue weighted by molar-refractivity contribution is 7.13. The van der Waals surface area contributed by atoms with Crippen molar-refractivity contribution in [2.24, 2.45) is 0 Å². The first kappa shape index (κ1) is 17.6. The average molecular weight is 400 g/mol. The molecule has 0 radical (unpaired) electrons. The van der Waals surface area contributed by atoms with Gasteiger partial charge < -0.3 is 14.6 Å². The van der Waals surface area contributed by atoms with Gasteiger partial charge in [-0.05, 0) is 35.9 Å². The van der Waals surface area contributed by atoms with Gasteiger partial charge in [-0.1, -0.05) is 35.9 Å². The first-order valence-electron chi connectivity index (χ1n) is 8.13. The molecule has 27 heavy (non-hydrogen) atoms. The molecule has 1 aromatic heterocycles. The zero-order chi connectivity index (χ0) is 18.8. The molecule has 1 aliphatic heterocycles. The Balaban J connectivity index is 1.64. The van der Waals surface area contributed by atoms with E-state index < -0.39 is 5.97 Å². The van der Waals surface area contributed by atoms with E-state index in [-0.39, 0.29) is 13.2 Å². The van der Waals surface area contributed by atoms with Crippen LogP contribution in [0.15, 0.2) is 42.5 Å². The summed E-state index contributed by atoms with van der Waals surface area (Å²) >= 11 is 7.31. The van der Waals surface area contributed by atoms with Crippen molar-refractivity contribution in [3.63, 3.8) is 0 Å². The lowest BCUT2D eigenvalue weighted by molar-refractivity contribution is -0.136. The van der Waals surface area contributed by atoms with Crippen LogP contribution in [0.3, 0.4) is 0 Å². The van der Waals surface area contributed by atoms with Crippen molar-refractivity contribution < 1.29 is 19.4 Å². The normalized spacial score (nSPS) is 12.6. The summed E-state index contributed by atoms with van der Waals surface area (Å²) in [5.74, 6) is 0.556. The van der Waals surface area contributed by atoms with E-state index in [0.29, 0.717) is 21.3 Å². The molecule has 0 saturated carbocycles. The van der Waals surface area contributed by atoms with E-state index in [9.17, 15) is 9.90 Å². The Hall–Kier alpha value is -2.83. The van der Waals surface area contributed by atoms with Crippen LogP contribution in [0.5, 0.6) is 11.5 Å². The van der Waals surface area contributed by atoms with Gasteiger partial charge in [0.05, 0.1) is 12.1 Å². The van der Waals surface area contributed by atoms with E-state index in [4.69, 9.17) is 21.1 Å². The molecule has 1 N–H and O–H groups in total. The van der Waals surface area contributed by atoms with Crippen LogP contribution in [0.25, 0.3) is 23.4 Å². The minimum atomic E-state index is -0.889. The van der Waals surface area contributed by atoms with Crippen LogP contribution in [0, 0.1) is 0 Å². The molecule has 5 nitrogen and oxygen atoms in total. The first-order valence-corrected chi connectivity index (χ1v) is 9.33. The number of halogens is 1. The van der Waals surface area contributed by atoms with E-state index >= 15 is 0 Å². The van der Waals surface area contributed by atoms with Crippen LogP contribution in [-0.4, -0.2) is 22.9 Å². The number of fused-ring (bicyclic) bond motifs is 1. The number of hydrogen-bond acceptors (Lipinski definition) is 5. The average Bonchev–Trinajstić information content (AvgIpc) is 3.26. The molecule has 0 aliphatic carbocycles. The predicted octanol–water partition coefficient (Wildman–Crippen LogP) is 4.99. The molecule has 2 heterocycles. The maximum Gasteiger partial charge on any atom is 0.308 e. The summed E-state index contributed by atoms with van der Waals surface area (Å²) in [4.78, 5) is 16.5. The summed E-state index contributed by atoms with van der Waals surface area (Å²) in [6.07, 6.45) is 3.71. The molecule has 0 spiro atoms. The zero-order valence-electron chi connectivity index (χ0n) is 14.0. The number of carboxylic acid groups (broad SMARTS) is 1. The second-order valence-corrected chi connectivity index (χ2v) is 7.40. The fraction of sp³-hybridized carbons (Fsp3) is 0.100. The summed E-state index contributed by atoms with van der Waals surface area (Å²) in [7, 11) is 0. The summed E-state index contributed by atoms with van der Waals surface area (Å²) < 4.78 is 10.7. The summed E-state index contributed by atoms with van der Waals surface area (Å²) in [6, 6.07) is 12.9. The monoisotopic (exact) mass is 399 g/mol. The van der Waals surface area contributed by atoms with Crippen LogP contribution in [0.2, 0.25) is 5.02 Å². The van der Waals surface area contributed by atoms with Gasteiger partial charge in [0.2, 0.25) is 6.79 Å². The fourth-order valence-corrected chi connectivity index (χ4v) is 3.82. The minimum absolute atomic E-state index is 0.0759. The molecule has 7 heteroatoms. The maximum atomic E-state index is 11.2. The molecule has 2 aromatic carbocycles. The van der Waals surface area contributed by atoms with E-state index in [1.807, 2.05) is 42.5 Å². The number of carbonyl (C=O) groups is 1. The Labute approximate surface area is 164 Å². The Bertz CT molecular complexity index is 1030. The van der Waals surface area contributed by atoms with Crippen LogP contribution >= 0.6 is 22.9 Å². The third kappa shape index (κ3) is 3.97. The highest BCUT2D eigenvalue weighted by Gasteiger charge is 2.15. The van der Waals surface area contributed by atoms with E-state index in [0.717, 1.165) is 21.9 Å². The lowest BCUT2D eigenvalue weighted by atomic mass is 10.1. The van der Waals surface area contributed by atoms with Crippen LogP contribution in [0.1, 0.15) is 15.4 Å². The summed E-state index contributed by atoms with van der Waals surface area (Å²) in [5, 5.41) is 10.6. The Morgan fingerprint density at radius 2 is 1.93 bits per heavy atom. The van der Waals surface area contributed by atoms with Gasteiger partial charge in [-0.25, -0.2) is 4.98 Å². The smallest absolute Gasteiger partial charge is 0.308 e.